The van der Waals surface area contributed by atoms with E-state index in [0.717, 1.165) is 44.9 Å². The van der Waals surface area contributed by atoms with E-state index in [1.165, 1.54) is 38.5 Å². The molecule has 0 aromatic rings. The topological polar surface area (TPSA) is 112 Å². The van der Waals surface area contributed by atoms with E-state index in [1.807, 2.05) is 0 Å². The van der Waals surface area contributed by atoms with Crippen LogP contribution >= 0.6 is 0 Å². The number of carboxylic acids is 3. The summed E-state index contributed by atoms with van der Waals surface area (Å²) in [5.74, 6) is -2.02. The molecule has 0 fully saturated rings. The van der Waals surface area contributed by atoms with Gasteiger partial charge in [-0.3, -0.25) is 14.4 Å². The summed E-state index contributed by atoms with van der Waals surface area (Å²) in [6, 6.07) is 0. The first-order valence-corrected chi connectivity index (χ1v) is 11.0. The van der Waals surface area contributed by atoms with Crippen molar-refractivity contribution in [1.82, 2.24) is 0 Å². The van der Waals surface area contributed by atoms with Crippen LogP contribution in [0.15, 0.2) is 0 Å². The zero-order valence-electron chi connectivity index (χ0n) is 18.4. The van der Waals surface area contributed by atoms with Crippen LogP contribution in [0.2, 0.25) is 0 Å². The molecular formula is C22H44O6. The van der Waals surface area contributed by atoms with E-state index >= 15 is 0 Å². The van der Waals surface area contributed by atoms with Crippen molar-refractivity contribution in [2.75, 3.05) is 0 Å². The molecule has 0 bridgehead atoms. The summed E-state index contributed by atoms with van der Waals surface area (Å²) in [5.41, 5.74) is 0. The van der Waals surface area contributed by atoms with E-state index < -0.39 is 17.9 Å². The number of unbranched alkanes of at least 4 members (excludes halogenated alkanes) is 10. The first-order valence-electron chi connectivity index (χ1n) is 11.0. The molecule has 3 N–H and O–H groups in total. The van der Waals surface area contributed by atoms with Crippen molar-refractivity contribution in [3.63, 3.8) is 0 Å². The van der Waals surface area contributed by atoms with Crippen molar-refractivity contribution in [3.8, 4) is 0 Å². The fourth-order valence-corrected chi connectivity index (χ4v) is 2.29. The number of aliphatic carboxylic acids is 3. The molecule has 0 atom stereocenters. The van der Waals surface area contributed by atoms with Crippen LogP contribution in [0.1, 0.15) is 124 Å². The van der Waals surface area contributed by atoms with Gasteiger partial charge < -0.3 is 15.3 Å². The van der Waals surface area contributed by atoms with Gasteiger partial charge in [0.05, 0.1) is 0 Å². The summed E-state index contributed by atoms with van der Waals surface area (Å²) in [6.45, 7) is 6.36. The predicted molar refractivity (Wildman–Crippen MR) is 114 cm³/mol. The lowest BCUT2D eigenvalue weighted by Crippen LogP contribution is -1.93. The Morgan fingerprint density at radius 2 is 0.643 bits per heavy atom. The maximum absolute atomic E-state index is 10.0. The van der Waals surface area contributed by atoms with Gasteiger partial charge in [-0.1, -0.05) is 85.0 Å². The fourth-order valence-electron chi connectivity index (χ4n) is 2.29. The van der Waals surface area contributed by atoms with Crippen molar-refractivity contribution in [3.05, 3.63) is 0 Å². The monoisotopic (exact) mass is 404 g/mol. The van der Waals surface area contributed by atoms with E-state index in [0.29, 0.717) is 19.3 Å². The number of rotatable bonds is 16. The van der Waals surface area contributed by atoms with Crippen molar-refractivity contribution in [2.24, 2.45) is 0 Å². The Balaban J connectivity index is -0.000000337. The predicted octanol–water partition coefficient (Wildman–Crippen LogP) is 6.51. The molecule has 0 radical (unpaired) electrons. The van der Waals surface area contributed by atoms with Crippen LogP contribution in [0.25, 0.3) is 0 Å². The first kappa shape index (κ1) is 31.1. The average molecular weight is 405 g/mol. The standard InChI is InChI=1S/2C8H16O2.C6H12O2/c2*1-2-3-4-5-6-7-8(9)10;1-2-3-4-5-6(7)8/h2*2-7H2,1H3,(H,9,10);2-5H2,1H3,(H,7,8). The maximum atomic E-state index is 10.0. The minimum absolute atomic E-state index is 0.327. The van der Waals surface area contributed by atoms with Crippen molar-refractivity contribution < 1.29 is 29.7 Å². The third-order valence-electron chi connectivity index (χ3n) is 3.98. The molecule has 28 heavy (non-hydrogen) atoms. The van der Waals surface area contributed by atoms with Crippen LogP contribution in [0.5, 0.6) is 0 Å². The average Bonchev–Trinajstić information content (AvgIpc) is 2.62. The smallest absolute Gasteiger partial charge is 0.303 e. The van der Waals surface area contributed by atoms with Gasteiger partial charge in [-0.05, 0) is 19.3 Å². The van der Waals surface area contributed by atoms with Gasteiger partial charge in [0.25, 0.3) is 0 Å². The van der Waals surface area contributed by atoms with Gasteiger partial charge in [0, 0.05) is 19.3 Å². The molecule has 0 aromatic heterocycles. The van der Waals surface area contributed by atoms with E-state index in [4.69, 9.17) is 15.3 Å². The molecule has 0 amide bonds. The highest BCUT2D eigenvalue weighted by Gasteiger charge is 1.95. The Labute approximate surface area is 171 Å². The molecule has 0 spiro atoms. The Kier molecular flexibility index (Phi) is 30.7. The zero-order valence-corrected chi connectivity index (χ0v) is 18.4. The molecule has 0 aliphatic carbocycles. The number of carbonyl (C=O) groups is 3. The first-order chi connectivity index (χ1) is 13.3. The van der Waals surface area contributed by atoms with Crippen molar-refractivity contribution >= 4 is 17.9 Å². The van der Waals surface area contributed by atoms with Gasteiger partial charge in [-0.25, -0.2) is 0 Å². The second-order valence-electron chi connectivity index (χ2n) is 6.97. The third kappa shape index (κ3) is 44.1. The molecule has 0 aliphatic heterocycles. The van der Waals surface area contributed by atoms with Gasteiger partial charge in [0.2, 0.25) is 0 Å². The molecule has 0 aliphatic rings. The van der Waals surface area contributed by atoms with Crippen LogP contribution in [0.3, 0.4) is 0 Å². The highest BCUT2D eigenvalue weighted by Crippen LogP contribution is 2.05. The van der Waals surface area contributed by atoms with Gasteiger partial charge in [0.1, 0.15) is 0 Å². The largest absolute Gasteiger partial charge is 0.481 e. The summed E-state index contributed by atoms with van der Waals surface area (Å²) in [7, 11) is 0. The summed E-state index contributed by atoms with van der Waals surface area (Å²) >= 11 is 0. The summed E-state index contributed by atoms with van der Waals surface area (Å²) in [6.07, 6.45) is 15.0. The SMILES string of the molecule is CCCCCC(=O)O.CCCCCCCC(=O)O.CCCCCCCC(=O)O. The highest BCUT2D eigenvalue weighted by molar-refractivity contribution is 5.67. The maximum Gasteiger partial charge on any atom is 0.303 e. The van der Waals surface area contributed by atoms with E-state index in [1.54, 1.807) is 0 Å². The molecule has 0 unspecified atom stereocenters. The summed E-state index contributed by atoms with van der Waals surface area (Å²) in [5, 5.41) is 24.7. The van der Waals surface area contributed by atoms with E-state index in [-0.39, 0.29) is 0 Å². The summed E-state index contributed by atoms with van der Waals surface area (Å²) in [4.78, 5) is 29.9. The van der Waals surface area contributed by atoms with Crippen LogP contribution in [0.4, 0.5) is 0 Å². The molecule has 0 rings (SSSR count). The minimum Gasteiger partial charge on any atom is -0.481 e. The third-order valence-corrected chi connectivity index (χ3v) is 3.98. The number of carboxylic acid groups (broad SMARTS) is 3. The van der Waals surface area contributed by atoms with Gasteiger partial charge in [-0.15, -0.1) is 0 Å². The Morgan fingerprint density at radius 3 is 0.893 bits per heavy atom. The van der Waals surface area contributed by atoms with Gasteiger partial charge >= 0.3 is 17.9 Å². The Morgan fingerprint density at radius 1 is 0.429 bits per heavy atom. The molecule has 168 valence electrons. The molecular weight excluding hydrogens is 360 g/mol. The molecule has 0 heterocycles. The molecule has 0 saturated carbocycles. The van der Waals surface area contributed by atoms with Crippen LogP contribution in [0, 0.1) is 0 Å². The lowest BCUT2D eigenvalue weighted by Gasteiger charge is -1.95. The molecule has 0 saturated heterocycles. The normalized spacial score (nSPS) is 9.54. The number of hydrogen-bond donors (Lipinski definition) is 3. The van der Waals surface area contributed by atoms with Crippen LogP contribution < -0.4 is 0 Å². The minimum atomic E-state index is -0.682. The lowest BCUT2D eigenvalue weighted by molar-refractivity contribution is -0.138. The van der Waals surface area contributed by atoms with Crippen molar-refractivity contribution in [2.45, 2.75) is 124 Å². The Hall–Kier alpha value is -1.59. The van der Waals surface area contributed by atoms with E-state index in [9.17, 15) is 14.4 Å². The zero-order chi connectivity index (χ0) is 22.0. The van der Waals surface area contributed by atoms with Gasteiger partial charge in [0.15, 0.2) is 0 Å². The molecule has 6 heteroatoms. The Bertz CT molecular complexity index is 331. The molecule has 6 nitrogen and oxygen atoms in total. The van der Waals surface area contributed by atoms with Crippen LogP contribution in [-0.2, 0) is 14.4 Å². The van der Waals surface area contributed by atoms with Crippen LogP contribution in [-0.4, -0.2) is 33.2 Å². The quantitative estimate of drug-likeness (QED) is 0.253. The highest BCUT2D eigenvalue weighted by atomic mass is 16.4. The van der Waals surface area contributed by atoms with Crippen molar-refractivity contribution in [1.29, 1.82) is 0 Å². The fraction of sp³-hybridized carbons (Fsp3) is 0.864. The molecule has 0 aromatic carbocycles. The summed E-state index contributed by atoms with van der Waals surface area (Å²) < 4.78 is 0. The lowest BCUT2D eigenvalue weighted by atomic mass is 10.1. The second-order valence-corrected chi connectivity index (χ2v) is 6.97. The van der Waals surface area contributed by atoms with E-state index in [2.05, 4.69) is 20.8 Å². The van der Waals surface area contributed by atoms with Gasteiger partial charge in [-0.2, -0.15) is 0 Å². The second kappa shape index (κ2) is 27.6. The number of hydrogen-bond acceptors (Lipinski definition) is 3.